The molecule has 0 amide bonds. The molecule has 0 aromatic heterocycles. The molecule has 0 aromatic carbocycles. The monoisotopic (exact) mass is 238 g/mol. The van der Waals surface area contributed by atoms with E-state index in [1.54, 1.807) is 0 Å². The summed E-state index contributed by atoms with van der Waals surface area (Å²) in [5, 5.41) is 53.7. The maximum Gasteiger partial charge on any atom is 0.164 e. The lowest BCUT2D eigenvalue weighted by atomic mass is 9.98. The Morgan fingerprint density at radius 3 is 2.00 bits per heavy atom. The minimum Gasteiger partial charge on any atom is -0.396 e. The molecule has 0 aliphatic carbocycles. The quantitative estimate of drug-likeness (QED) is 0.261. The highest BCUT2D eigenvalue weighted by Crippen LogP contribution is 2.08. The molecule has 0 aliphatic heterocycles. The zero-order chi connectivity index (χ0) is 12.7. The van der Waals surface area contributed by atoms with E-state index in [4.69, 9.17) is 15.3 Å². The van der Waals surface area contributed by atoms with Crippen molar-refractivity contribution in [2.45, 2.75) is 37.3 Å². The zero-order valence-corrected chi connectivity index (χ0v) is 8.73. The number of aliphatic hydroxyl groups excluding tert-OH is 6. The van der Waals surface area contributed by atoms with Crippen LogP contribution in [0.3, 0.4) is 0 Å². The molecule has 0 aliphatic rings. The van der Waals surface area contributed by atoms with Gasteiger partial charge in [0.25, 0.3) is 0 Å². The maximum atomic E-state index is 11.2. The van der Waals surface area contributed by atoms with E-state index in [1.165, 1.54) is 0 Å². The molecule has 96 valence electrons. The van der Waals surface area contributed by atoms with Crippen LogP contribution in [0.5, 0.6) is 0 Å². The lowest BCUT2D eigenvalue weighted by Gasteiger charge is -2.24. The fourth-order valence-electron chi connectivity index (χ4n) is 1.11. The lowest BCUT2D eigenvalue weighted by molar-refractivity contribution is -0.147. The molecule has 0 aromatic rings. The van der Waals surface area contributed by atoms with Crippen LogP contribution in [-0.2, 0) is 4.79 Å². The summed E-state index contributed by atoms with van der Waals surface area (Å²) >= 11 is 0. The molecule has 0 bridgehead atoms. The van der Waals surface area contributed by atoms with Gasteiger partial charge in [-0.15, -0.1) is 0 Å². The zero-order valence-electron chi connectivity index (χ0n) is 8.73. The standard InChI is InChI=1S/C9H18O7/c10-3-1-2-5(12)7(14)9(16)8(15)6(13)4-11/h6-11,13-16H,1-4H2/t6-,7+,8-,9-/m1/s1. The third-order valence-electron chi connectivity index (χ3n) is 2.17. The van der Waals surface area contributed by atoms with Gasteiger partial charge in [0.05, 0.1) is 6.61 Å². The van der Waals surface area contributed by atoms with Gasteiger partial charge in [-0.3, -0.25) is 4.79 Å². The van der Waals surface area contributed by atoms with Gasteiger partial charge >= 0.3 is 0 Å². The molecule has 0 unspecified atom stereocenters. The molecule has 7 nitrogen and oxygen atoms in total. The first-order chi connectivity index (χ1) is 7.45. The Hall–Kier alpha value is -0.570. The number of hydrogen-bond acceptors (Lipinski definition) is 7. The predicted octanol–water partition coefficient (Wildman–Crippen LogP) is -3.24. The molecule has 0 spiro atoms. The molecule has 4 atom stereocenters. The highest BCUT2D eigenvalue weighted by molar-refractivity contribution is 5.83. The normalized spacial score (nSPS) is 18.9. The lowest BCUT2D eigenvalue weighted by Crippen LogP contribution is -2.48. The number of ketones is 1. The van der Waals surface area contributed by atoms with Crippen molar-refractivity contribution in [3.63, 3.8) is 0 Å². The molecule has 0 saturated heterocycles. The Kier molecular flexibility index (Phi) is 7.39. The SMILES string of the molecule is O=C(CCCO)[C@H](O)[C@@H](O)[C@H](O)[C@H](O)CO. The van der Waals surface area contributed by atoms with Gasteiger partial charge in [-0.05, 0) is 6.42 Å². The van der Waals surface area contributed by atoms with Crippen LogP contribution in [0.2, 0.25) is 0 Å². The summed E-state index contributed by atoms with van der Waals surface area (Å²) in [6, 6.07) is 0. The highest BCUT2D eigenvalue weighted by atomic mass is 16.4. The van der Waals surface area contributed by atoms with Crippen LogP contribution < -0.4 is 0 Å². The number of aliphatic hydroxyl groups is 6. The van der Waals surface area contributed by atoms with Crippen LogP contribution in [0.25, 0.3) is 0 Å². The summed E-state index contributed by atoms with van der Waals surface area (Å²) in [6.45, 7) is -1.02. The third-order valence-corrected chi connectivity index (χ3v) is 2.17. The van der Waals surface area contributed by atoms with Crippen LogP contribution in [0.15, 0.2) is 0 Å². The average Bonchev–Trinajstić information content (AvgIpc) is 2.31. The maximum absolute atomic E-state index is 11.2. The molecular formula is C9H18O7. The summed E-state index contributed by atoms with van der Waals surface area (Å²) in [5.41, 5.74) is 0. The summed E-state index contributed by atoms with van der Waals surface area (Å²) in [5.74, 6) is -0.745. The van der Waals surface area contributed by atoms with Crippen molar-refractivity contribution in [1.29, 1.82) is 0 Å². The first-order valence-electron chi connectivity index (χ1n) is 4.92. The van der Waals surface area contributed by atoms with Gasteiger partial charge in [-0.25, -0.2) is 0 Å². The molecule has 6 N–H and O–H groups in total. The van der Waals surface area contributed by atoms with E-state index >= 15 is 0 Å². The van der Waals surface area contributed by atoms with Gasteiger partial charge in [0.15, 0.2) is 5.78 Å². The number of carbonyl (C=O) groups excluding carboxylic acids is 1. The Bertz CT molecular complexity index is 208. The number of rotatable bonds is 8. The first kappa shape index (κ1) is 15.4. The molecule has 0 saturated carbocycles. The molecule has 0 radical (unpaired) electrons. The Balaban J connectivity index is 4.25. The van der Waals surface area contributed by atoms with Crippen molar-refractivity contribution in [1.82, 2.24) is 0 Å². The van der Waals surface area contributed by atoms with Crippen molar-refractivity contribution < 1.29 is 35.4 Å². The van der Waals surface area contributed by atoms with Crippen LogP contribution in [-0.4, -0.2) is 74.1 Å². The topological polar surface area (TPSA) is 138 Å². The second kappa shape index (κ2) is 7.66. The van der Waals surface area contributed by atoms with Gasteiger partial charge in [0, 0.05) is 13.0 Å². The van der Waals surface area contributed by atoms with E-state index in [2.05, 4.69) is 0 Å². The number of Topliss-reactive ketones (excluding diaryl/α,β-unsaturated/α-hetero) is 1. The number of hydrogen-bond donors (Lipinski definition) is 6. The van der Waals surface area contributed by atoms with Crippen LogP contribution in [0.1, 0.15) is 12.8 Å². The van der Waals surface area contributed by atoms with E-state index in [0.29, 0.717) is 0 Å². The van der Waals surface area contributed by atoms with Gasteiger partial charge < -0.3 is 30.6 Å². The Labute approximate surface area is 92.6 Å². The molecule has 0 fully saturated rings. The Morgan fingerprint density at radius 1 is 1.00 bits per heavy atom. The van der Waals surface area contributed by atoms with E-state index < -0.39 is 36.8 Å². The largest absolute Gasteiger partial charge is 0.396 e. The van der Waals surface area contributed by atoms with Gasteiger partial charge in [-0.1, -0.05) is 0 Å². The number of carbonyl (C=O) groups is 1. The van der Waals surface area contributed by atoms with Crippen molar-refractivity contribution in [3.05, 3.63) is 0 Å². The molecule has 16 heavy (non-hydrogen) atoms. The predicted molar refractivity (Wildman–Crippen MR) is 52.4 cm³/mol. The van der Waals surface area contributed by atoms with Crippen LogP contribution in [0, 0.1) is 0 Å². The summed E-state index contributed by atoms with van der Waals surface area (Å²) < 4.78 is 0. The minimum atomic E-state index is -1.87. The summed E-state index contributed by atoms with van der Waals surface area (Å²) in [7, 11) is 0. The second-order valence-corrected chi connectivity index (χ2v) is 3.47. The fourth-order valence-corrected chi connectivity index (χ4v) is 1.11. The van der Waals surface area contributed by atoms with Crippen LogP contribution in [0.4, 0.5) is 0 Å². The van der Waals surface area contributed by atoms with Crippen molar-refractivity contribution >= 4 is 5.78 Å². The van der Waals surface area contributed by atoms with E-state index in [1.807, 2.05) is 0 Å². The van der Waals surface area contributed by atoms with E-state index in [0.717, 1.165) is 0 Å². The first-order valence-corrected chi connectivity index (χ1v) is 4.92. The van der Waals surface area contributed by atoms with Crippen molar-refractivity contribution in [2.75, 3.05) is 13.2 Å². The molecule has 0 rings (SSSR count). The second-order valence-electron chi connectivity index (χ2n) is 3.47. The van der Waals surface area contributed by atoms with E-state index in [9.17, 15) is 20.1 Å². The molecule has 0 heterocycles. The van der Waals surface area contributed by atoms with Crippen molar-refractivity contribution in [2.24, 2.45) is 0 Å². The van der Waals surface area contributed by atoms with Gasteiger partial charge in [0.2, 0.25) is 0 Å². The minimum absolute atomic E-state index is 0.140. The Morgan fingerprint density at radius 2 is 1.56 bits per heavy atom. The summed E-state index contributed by atoms with van der Waals surface area (Å²) in [6.07, 6.45) is -7.15. The smallest absolute Gasteiger partial charge is 0.164 e. The van der Waals surface area contributed by atoms with Crippen molar-refractivity contribution in [3.8, 4) is 0 Å². The highest BCUT2D eigenvalue weighted by Gasteiger charge is 2.33. The molecule has 7 heteroatoms. The van der Waals surface area contributed by atoms with Gasteiger partial charge in [-0.2, -0.15) is 0 Å². The average molecular weight is 238 g/mol. The summed E-state index contributed by atoms with van der Waals surface area (Å²) in [4.78, 5) is 11.2. The fraction of sp³-hybridized carbons (Fsp3) is 0.889. The van der Waals surface area contributed by atoms with Crippen LogP contribution >= 0.6 is 0 Å². The van der Waals surface area contributed by atoms with Gasteiger partial charge in [0.1, 0.15) is 24.4 Å². The van der Waals surface area contributed by atoms with E-state index in [-0.39, 0.29) is 19.4 Å². The molecular weight excluding hydrogens is 220 g/mol. The third kappa shape index (κ3) is 4.52.